The van der Waals surface area contributed by atoms with Crippen LogP contribution >= 0.6 is 0 Å². The molecule has 1 saturated carbocycles. The van der Waals surface area contributed by atoms with Gasteiger partial charge >= 0.3 is 0 Å². The Morgan fingerprint density at radius 3 is 2.38 bits per heavy atom. The normalized spacial score (nSPS) is 36.0. The van der Waals surface area contributed by atoms with Gasteiger partial charge in [-0.15, -0.1) is 0 Å². The van der Waals surface area contributed by atoms with Crippen LogP contribution in [0.2, 0.25) is 0 Å². The van der Waals surface area contributed by atoms with E-state index in [1.165, 1.54) is 6.42 Å². The van der Waals surface area contributed by atoms with E-state index in [0.717, 1.165) is 11.8 Å². The molecular formula is C7H14O. The van der Waals surface area contributed by atoms with Gasteiger partial charge in [0.1, 0.15) is 0 Å². The second kappa shape index (κ2) is 2.06. The van der Waals surface area contributed by atoms with Crippen LogP contribution in [-0.4, -0.2) is 11.7 Å². The summed E-state index contributed by atoms with van der Waals surface area (Å²) in [5.41, 5.74) is 0. The highest BCUT2D eigenvalue weighted by atomic mass is 16.3. The van der Waals surface area contributed by atoms with Crippen LogP contribution in [0.4, 0.5) is 0 Å². The molecule has 2 atom stereocenters. The number of hydrogen-bond acceptors (Lipinski definition) is 1. The van der Waals surface area contributed by atoms with Gasteiger partial charge in [-0.3, -0.25) is 0 Å². The maximum Gasteiger partial charge on any atom is 0.0462 e. The van der Waals surface area contributed by atoms with Gasteiger partial charge < -0.3 is 5.11 Å². The number of rotatable bonds is 2. The van der Waals surface area contributed by atoms with Crippen LogP contribution in [0.3, 0.4) is 0 Å². The fourth-order valence-electron chi connectivity index (χ4n) is 1.30. The SMILES string of the molecule is CC(C)[C@@H]1C[C@@H]1CO. The summed E-state index contributed by atoms with van der Waals surface area (Å²) in [4.78, 5) is 0. The second-order valence-corrected chi connectivity index (χ2v) is 3.09. The summed E-state index contributed by atoms with van der Waals surface area (Å²) in [6, 6.07) is 0. The van der Waals surface area contributed by atoms with Crippen molar-refractivity contribution in [1.82, 2.24) is 0 Å². The third-order valence-electron chi connectivity index (χ3n) is 2.07. The van der Waals surface area contributed by atoms with Crippen LogP contribution in [0.25, 0.3) is 0 Å². The molecule has 0 amide bonds. The smallest absolute Gasteiger partial charge is 0.0462 e. The first-order chi connectivity index (χ1) is 3.75. The van der Waals surface area contributed by atoms with Crippen molar-refractivity contribution in [2.45, 2.75) is 20.3 Å². The molecule has 1 nitrogen and oxygen atoms in total. The lowest BCUT2D eigenvalue weighted by Gasteiger charge is -1.98. The molecule has 0 aromatic rings. The molecule has 0 heterocycles. The number of hydrogen-bond donors (Lipinski definition) is 1. The van der Waals surface area contributed by atoms with Gasteiger partial charge in [0.15, 0.2) is 0 Å². The molecular weight excluding hydrogens is 100 g/mol. The van der Waals surface area contributed by atoms with Crippen LogP contribution in [0.15, 0.2) is 0 Å². The molecule has 0 radical (unpaired) electrons. The summed E-state index contributed by atoms with van der Waals surface area (Å²) in [6.45, 7) is 4.85. The van der Waals surface area contributed by atoms with Crippen molar-refractivity contribution >= 4 is 0 Å². The highest BCUT2D eigenvalue weighted by Crippen LogP contribution is 2.43. The molecule has 0 aliphatic heterocycles. The van der Waals surface area contributed by atoms with Gasteiger partial charge in [-0.25, -0.2) is 0 Å². The van der Waals surface area contributed by atoms with E-state index in [-0.39, 0.29) is 0 Å². The van der Waals surface area contributed by atoms with E-state index in [2.05, 4.69) is 13.8 Å². The Labute approximate surface area is 50.7 Å². The fourth-order valence-corrected chi connectivity index (χ4v) is 1.30. The molecule has 1 N–H and O–H groups in total. The van der Waals surface area contributed by atoms with Crippen molar-refractivity contribution in [2.24, 2.45) is 17.8 Å². The average molecular weight is 114 g/mol. The summed E-state index contributed by atoms with van der Waals surface area (Å²) in [7, 11) is 0. The minimum atomic E-state index is 0.406. The van der Waals surface area contributed by atoms with Crippen LogP contribution in [0.1, 0.15) is 20.3 Å². The van der Waals surface area contributed by atoms with E-state index >= 15 is 0 Å². The van der Waals surface area contributed by atoms with E-state index in [0.29, 0.717) is 12.5 Å². The van der Waals surface area contributed by atoms with E-state index < -0.39 is 0 Å². The van der Waals surface area contributed by atoms with Crippen LogP contribution < -0.4 is 0 Å². The molecule has 1 aliphatic carbocycles. The van der Waals surface area contributed by atoms with E-state index in [4.69, 9.17) is 5.11 Å². The molecule has 0 bridgehead atoms. The molecule has 1 heteroatoms. The highest BCUT2D eigenvalue weighted by Gasteiger charge is 2.38. The second-order valence-electron chi connectivity index (χ2n) is 3.09. The summed E-state index contributed by atoms with van der Waals surface area (Å²) in [6.07, 6.45) is 1.26. The maximum atomic E-state index is 8.63. The van der Waals surface area contributed by atoms with Crippen molar-refractivity contribution in [3.8, 4) is 0 Å². The van der Waals surface area contributed by atoms with E-state index in [1.807, 2.05) is 0 Å². The highest BCUT2D eigenvalue weighted by molar-refractivity contribution is 4.87. The Kier molecular flexibility index (Phi) is 1.57. The van der Waals surface area contributed by atoms with Gasteiger partial charge in [-0.05, 0) is 24.2 Å². The minimum Gasteiger partial charge on any atom is -0.396 e. The zero-order valence-corrected chi connectivity index (χ0v) is 5.59. The Bertz CT molecular complexity index is 78.5. The lowest BCUT2D eigenvalue weighted by molar-refractivity contribution is 0.262. The number of aliphatic hydroxyl groups is 1. The molecule has 1 aliphatic rings. The lowest BCUT2D eigenvalue weighted by atomic mass is 10.1. The Morgan fingerprint density at radius 1 is 1.62 bits per heavy atom. The fraction of sp³-hybridized carbons (Fsp3) is 1.00. The third kappa shape index (κ3) is 1.03. The van der Waals surface area contributed by atoms with Crippen LogP contribution in [0, 0.1) is 17.8 Å². The topological polar surface area (TPSA) is 20.2 Å². The Hall–Kier alpha value is -0.0400. The number of aliphatic hydroxyl groups excluding tert-OH is 1. The van der Waals surface area contributed by atoms with Gasteiger partial charge in [0.2, 0.25) is 0 Å². The van der Waals surface area contributed by atoms with Gasteiger partial charge in [0.05, 0.1) is 0 Å². The summed E-state index contributed by atoms with van der Waals surface area (Å²) in [5.74, 6) is 2.27. The van der Waals surface area contributed by atoms with Gasteiger partial charge in [-0.1, -0.05) is 13.8 Å². The molecule has 0 aromatic carbocycles. The molecule has 1 fully saturated rings. The van der Waals surface area contributed by atoms with Gasteiger partial charge in [0.25, 0.3) is 0 Å². The Balaban J connectivity index is 2.16. The van der Waals surface area contributed by atoms with Crippen LogP contribution in [0.5, 0.6) is 0 Å². The molecule has 0 unspecified atom stereocenters. The van der Waals surface area contributed by atoms with Gasteiger partial charge in [-0.2, -0.15) is 0 Å². The van der Waals surface area contributed by atoms with E-state index in [9.17, 15) is 0 Å². The molecule has 0 spiro atoms. The van der Waals surface area contributed by atoms with Crippen LogP contribution in [-0.2, 0) is 0 Å². The summed E-state index contributed by atoms with van der Waals surface area (Å²) >= 11 is 0. The van der Waals surface area contributed by atoms with Crippen molar-refractivity contribution < 1.29 is 5.11 Å². The summed E-state index contributed by atoms with van der Waals surface area (Å²) in [5, 5.41) is 8.63. The first-order valence-electron chi connectivity index (χ1n) is 3.36. The van der Waals surface area contributed by atoms with Crippen molar-refractivity contribution in [2.75, 3.05) is 6.61 Å². The monoisotopic (exact) mass is 114 g/mol. The quantitative estimate of drug-likeness (QED) is 0.573. The third-order valence-corrected chi connectivity index (χ3v) is 2.07. The molecule has 0 aromatic heterocycles. The Morgan fingerprint density at radius 2 is 2.25 bits per heavy atom. The summed E-state index contributed by atoms with van der Waals surface area (Å²) < 4.78 is 0. The van der Waals surface area contributed by atoms with E-state index in [1.54, 1.807) is 0 Å². The maximum absolute atomic E-state index is 8.63. The standard InChI is InChI=1S/C7H14O/c1-5(2)7-3-6(7)4-8/h5-8H,3-4H2,1-2H3/t6-,7+/m1/s1. The molecule has 48 valence electrons. The predicted octanol–water partition coefficient (Wildman–Crippen LogP) is 1.27. The van der Waals surface area contributed by atoms with Crippen molar-refractivity contribution in [3.63, 3.8) is 0 Å². The zero-order chi connectivity index (χ0) is 6.15. The molecule has 1 rings (SSSR count). The average Bonchev–Trinajstić information content (AvgIpc) is 2.42. The van der Waals surface area contributed by atoms with Crippen molar-refractivity contribution in [3.05, 3.63) is 0 Å². The molecule has 8 heavy (non-hydrogen) atoms. The lowest BCUT2D eigenvalue weighted by Crippen LogP contribution is -1.95. The minimum absolute atomic E-state index is 0.406. The predicted molar refractivity (Wildman–Crippen MR) is 33.5 cm³/mol. The first kappa shape index (κ1) is 6.09. The largest absolute Gasteiger partial charge is 0.396 e. The van der Waals surface area contributed by atoms with Crippen molar-refractivity contribution in [1.29, 1.82) is 0 Å². The zero-order valence-electron chi connectivity index (χ0n) is 5.59. The first-order valence-corrected chi connectivity index (χ1v) is 3.36. The van der Waals surface area contributed by atoms with Gasteiger partial charge in [0, 0.05) is 6.61 Å². The molecule has 0 saturated heterocycles.